The zero-order chi connectivity index (χ0) is 14.1. The molecule has 0 spiro atoms. The number of fused-ring (bicyclic) bond motifs is 3. The normalized spacial score (nSPS) is 38.2. The molecule has 1 aromatic rings. The van der Waals surface area contributed by atoms with Gasteiger partial charge in [0.25, 0.3) is 0 Å². The van der Waals surface area contributed by atoms with Gasteiger partial charge in [0.05, 0.1) is 12.2 Å². The van der Waals surface area contributed by atoms with Crippen molar-refractivity contribution in [3.8, 4) is 11.5 Å². The first kappa shape index (κ1) is 14.6. The molecule has 5 rings (SSSR count). The Balaban J connectivity index is 0.00000125. The van der Waals surface area contributed by atoms with E-state index in [4.69, 9.17) is 9.47 Å². The summed E-state index contributed by atoms with van der Waals surface area (Å²) in [5, 5.41) is 20.8. The van der Waals surface area contributed by atoms with Gasteiger partial charge in [0.15, 0.2) is 11.5 Å². The molecule has 120 valence electrons. The van der Waals surface area contributed by atoms with Crippen LogP contribution in [0, 0.1) is 5.92 Å². The zero-order valence-electron chi connectivity index (χ0n) is 12.1. The van der Waals surface area contributed by atoms with Gasteiger partial charge in [-0.2, -0.15) is 0 Å². The number of aliphatic hydroxyl groups excluding tert-OH is 2. The first-order chi connectivity index (χ1) is 10.2. The van der Waals surface area contributed by atoms with E-state index in [0.717, 1.165) is 43.0 Å². The van der Waals surface area contributed by atoms with Crippen LogP contribution < -0.4 is 9.47 Å². The first-order valence-electron chi connectivity index (χ1n) is 7.75. The van der Waals surface area contributed by atoms with E-state index in [-0.39, 0.29) is 25.1 Å². The number of nitrogens with zero attached hydrogens (tertiary/aromatic N) is 1. The van der Waals surface area contributed by atoms with E-state index in [0.29, 0.717) is 12.0 Å². The predicted molar refractivity (Wildman–Crippen MR) is 81.5 cm³/mol. The monoisotopic (exact) mass is 325 g/mol. The van der Waals surface area contributed by atoms with Gasteiger partial charge in [-0.3, -0.25) is 4.90 Å². The minimum Gasteiger partial charge on any atom is -0.454 e. The highest BCUT2D eigenvalue weighted by Gasteiger charge is 2.52. The second kappa shape index (κ2) is 4.99. The third-order valence-electron chi connectivity index (χ3n) is 5.73. The van der Waals surface area contributed by atoms with Gasteiger partial charge in [-0.05, 0) is 48.6 Å². The summed E-state index contributed by atoms with van der Waals surface area (Å²) in [5.74, 6) is 2.05. The lowest BCUT2D eigenvalue weighted by Gasteiger charge is -2.47. The molecule has 1 saturated carbocycles. The van der Waals surface area contributed by atoms with Crippen LogP contribution in [0.2, 0.25) is 0 Å². The maximum atomic E-state index is 10.6. The molecular weight excluding hydrogens is 306 g/mol. The second-order valence-corrected chi connectivity index (χ2v) is 6.73. The molecule has 22 heavy (non-hydrogen) atoms. The van der Waals surface area contributed by atoms with Crippen molar-refractivity contribution in [2.45, 2.75) is 43.6 Å². The number of hydrogen-bond acceptors (Lipinski definition) is 5. The average Bonchev–Trinajstić information content (AvgIpc) is 3.08. The number of benzene rings is 1. The second-order valence-electron chi connectivity index (χ2n) is 6.73. The van der Waals surface area contributed by atoms with Gasteiger partial charge in [-0.1, -0.05) is 0 Å². The van der Waals surface area contributed by atoms with Crippen LogP contribution in [0.5, 0.6) is 11.5 Å². The molecule has 5 nitrogen and oxygen atoms in total. The predicted octanol–water partition coefficient (Wildman–Crippen LogP) is 1.25. The molecular formula is C16H20ClNO4. The van der Waals surface area contributed by atoms with E-state index in [2.05, 4.69) is 11.0 Å². The molecule has 1 aliphatic carbocycles. The van der Waals surface area contributed by atoms with Gasteiger partial charge >= 0.3 is 0 Å². The standard InChI is InChI=1S/C16H19NO4.ClH/c18-11-3-8-1-2-17-6-9-4-12-13(21-7-20-12)5-10(9)14(15(8)17)16(11)19;/h4-5,8,11,14-16,18-19H,1-3,6-7H2;1H/t8?,11-,14-,15+,16+;/m0./s1. The van der Waals surface area contributed by atoms with E-state index >= 15 is 0 Å². The van der Waals surface area contributed by atoms with Crippen LogP contribution in [-0.2, 0) is 6.54 Å². The Morgan fingerprint density at radius 3 is 2.73 bits per heavy atom. The summed E-state index contributed by atoms with van der Waals surface area (Å²) < 4.78 is 11.0. The molecule has 2 N–H and O–H groups in total. The van der Waals surface area contributed by atoms with Crippen molar-refractivity contribution >= 4 is 12.4 Å². The smallest absolute Gasteiger partial charge is 0.231 e. The first-order valence-corrected chi connectivity index (χ1v) is 7.75. The SMILES string of the molecule is Cl.O[C@H]1[C@H]2c3cc4c(cc3CN3CCC(C[C@@H]1O)[C@H]23)OCO4. The molecule has 2 fully saturated rings. The van der Waals surface area contributed by atoms with Crippen molar-refractivity contribution in [2.24, 2.45) is 5.92 Å². The van der Waals surface area contributed by atoms with E-state index in [9.17, 15) is 10.2 Å². The maximum Gasteiger partial charge on any atom is 0.231 e. The zero-order valence-corrected chi connectivity index (χ0v) is 13.0. The molecule has 6 heteroatoms. The van der Waals surface area contributed by atoms with E-state index in [1.165, 1.54) is 5.56 Å². The Hall–Kier alpha value is -1.01. The van der Waals surface area contributed by atoms with Gasteiger partial charge in [0, 0.05) is 18.5 Å². The van der Waals surface area contributed by atoms with Crippen LogP contribution in [0.1, 0.15) is 29.9 Å². The van der Waals surface area contributed by atoms with Crippen LogP contribution in [0.25, 0.3) is 0 Å². The van der Waals surface area contributed by atoms with Gasteiger partial charge < -0.3 is 19.7 Å². The van der Waals surface area contributed by atoms with Gasteiger partial charge in [0.2, 0.25) is 6.79 Å². The van der Waals surface area contributed by atoms with Crippen molar-refractivity contribution in [1.82, 2.24) is 4.90 Å². The Kier molecular flexibility index (Phi) is 3.31. The van der Waals surface area contributed by atoms with Crippen molar-refractivity contribution in [1.29, 1.82) is 0 Å². The third kappa shape index (κ3) is 1.83. The molecule has 0 amide bonds. The minimum absolute atomic E-state index is 0. The van der Waals surface area contributed by atoms with Gasteiger partial charge in [0.1, 0.15) is 0 Å². The Morgan fingerprint density at radius 2 is 1.91 bits per heavy atom. The Labute approximate surface area is 135 Å². The molecule has 3 aliphatic heterocycles. The van der Waals surface area contributed by atoms with E-state index < -0.39 is 12.2 Å². The highest BCUT2D eigenvalue weighted by atomic mass is 35.5. The topological polar surface area (TPSA) is 62.2 Å². The summed E-state index contributed by atoms with van der Waals surface area (Å²) in [6.45, 7) is 2.23. The van der Waals surface area contributed by atoms with Crippen LogP contribution in [0.3, 0.4) is 0 Å². The molecule has 0 bridgehead atoms. The molecule has 1 saturated heterocycles. The summed E-state index contributed by atoms with van der Waals surface area (Å²) >= 11 is 0. The van der Waals surface area contributed by atoms with Crippen LogP contribution in [0.4, 0.5) is 0 Å². The number of aliphatic hydroxyl groups is 2. The Morgan fingerprint density at radius 1 is 1.14 bits per heavy atom. The minimum atomic E-state index is -0.689. The molecule has 4 aliphatic rings. The van der Waals surface area contributed by atoms with Crippen molar-refractivity contribution in [2.75, 3.05) is 13.3 Å². The number of rotatable bonds is 0. The lowest BCUT2D eigenvalue weighted by Crippen LogP contribution is -2.53. The maximum absolute atomic E-state index is 10.6. The highest BCUT2D eigenvalue weighted by molar-refractivity contribution is 5.85. The van der Waals surface area contributed by atoms with Crippen LogP contribution in [-0.4, -0.2) is 46.7 Å². The summed E-state index contributed by atoms with van der Waals surface area (Å²) in [4.78, 5) is 2.47. The quantitative estimate of drug-likeness (QED) is 0.752. The van der Waals surface area contributed by atoms with Crippen LogP contribution in [0.15, 0.2) is 12.1 Å². The Bertz CT molecular complexity index is 610. The van der Waals surface area contributed by atoms with Crippen molar-refractivity contribution in [3.05, 3.63) is 23.3 Å². The fourth-order valence-electron chi connectivity index (χ4n) is 4.84. The largest absolute Gasteiger partial charge is 0.454 e. The molecule has 5 atom stereocenters. The summed E-state index contributed by atoms with van der Waals surface area (Å²) in [6, 6.07) is 4.43. The van der Waals surface area contributed by atoms with Crippen LogP contribution >= 0.6 is 12.4 Å². The summed E-state index contributed by atoms with van der Waals surface area (Å²) in [5.41, 5.74) is 2.34. The lowest BCUT2D eigenvalue weighted by molar-refractivity contribution is -0.0657. The highest BCUT2D eigenvalue weighted by Crippen LogP contribution is 2.51. The van der Waals surface area contributed by atoms with Crippen molar-refractivity contribution < 1.29 is 19.7 Å². The number of halogens is 1. The number of hydrogen-bond donors (Lipinski definition) is 2. The fourth-order valence-corrected chi connectivity index (χ4v) is 4.84. The van der Waals surface area contributed by atoms with E-state index in [1.54, 1.807) is 0 Å². The lowest BCUT2D eigenvalue weighted by atomic mass is 9.68. The molecule has 1 aromatic carbocycles. The molecule has 0 radical (unpaired) electrons. The van der Waals surface area contributed by atoms with Crippen molar-refractivity contribution in [3.63, 3.8) is 0 Å². The average molecular weight is 326 g/mol. The third-order valence-corrected chi connectivity index (χ3v) is 5.73. The fraction of sp³-hybridized carbons (Fsp3) is 0.625. The summed E-state index contributed by atoms with van der Waals surface area (Å²) in [6.07, 6.45) is 0.531. The molecule has 1 unspecified atom stereocenters. The van der Waals surface area contributed by atoms with Gasteiger partial charge in [-0.15, -0.1) is 12.4 Å². The number of ether oxygens (including phenoxy) is 2. The molecule has 3 heterocycles. The van der Waals surface area contributed by atoms with Gasteiger partial charge in [-0.25, -0.2) is 0 Å². The van der Waals surface area contributed by atoms with E-state index in [1.807, 2.05) is 6.07 Å². The summed E-state index contributed by atoms with van der Waals surface area (Å²) in [7, 11) is 0. The molecule has 0 aromatic heterocycles.